The molecule has 2 radical (unpaired) electrons. The standard InChI is InChI=1S/C6H13N/c1-3-5-7-6-4-2/h7H,3-5H2,1-2H3. The van der Waals surface area contributed by atoms with Gasteiger partial charge in [0, 0.05) is 0 Å². The van der Waals surface area contributed by atoms with Gasteiger partial charge in [-0.3, -0.25) is 0 Å². The molecule has 1 N–H and O–H groups in total. The van der Waals surface area contributed by atoms with Gasteiger partial charge >= 0.3 is 0 Å². The SMILES string of the molecule is CC[C]NCCC. The molecule has 0 fully saturated rings. The first-order valence-electron chi connectivity index (χ1n) is 2.87. The Morgan fingerprint density at radius 1 is 1.43 bits per heavy atom. The minimum Gasteiger partial charge on any atom is -0.308 e. The van der Waals surface area contributed by atoms with Crippen molar-refractivity contribution < 1.29 is 0 Å². The Balaban J connectivity index is 2.45. The highest BCUT2D eigenvalue weighted by Gasteiger charge is 1.78. The molecule has 0 rings (SSSR count). The molecule has 1 nitrogen and oxygen atoms in total. The third kappa shape index (κ3) is 5.96. The predicted octanol–water partition coefficient (Wildman–Crippen LogP) is 1.43. The number of hydrogen-bond donors (Lipinski definition) is 1. The van der Waals surface area contributed by atoms with Crippen LogP contribution in [0.4, 0.5) is 0 Å². The molecule has 0 aliphatic rings. The van der Waals surface area contributed by atoms with Gasteiger partial charge in [-0.05, 0) is 19.4 Å². The van der Waals surface area contributed by atoms with Gasteiger partial charge in [-0.2, -0.15) is 0 Å². The van der Waals surface area contributed by atoms with Crippen molar-refractivity contribution in [3.05, 3.63) is 6.54 Å². The Morgan fingerprint density at radius 3 is 2.57 bits per heavy atom. The van der Waals surface area contributed by atoms with Crippen molar-refractivity contribution in [1.29, 1.82) is 0 Å². The molecule has 0 saturated carbocycles. The van der Waals surface area contributed by atoms with Crippen LogP contribution in [0.3, 0.4) is 0 Å². The van der Waals surface area contributed by atoms with Crippen molar-refractivity contribution in [3.63, 3.8) is 0 Å². The Bertz CT molecular complexity index is 23.4. The molecule has 0 aromatic heterocycles. The maximum Gasteiger partial charge on any atom is 0.0583 e. The van der Waals surface area contributed by atoms with E-state index in [2.05, 4.69) is 25.7 Å². The van der Waals surface area contributed by atoms with Gasteiger partial charge in [0.2, 0.25) is 0 Å². The maximum atomic E-state index is 3.03. The second-order valence-corrected chi connectivity index (χ2v) is 1.46. The highest BCUT2D eigenvalue weighted by atomic mass is 14.8. The van der Waals surface area contributed by atoms with Crippen LogP contribution < -0.4 is 5.32 Å². The summed E-state index contributed by atoms with van der Waals surface area (Å²) in [6.45, 7) is 8.28. The topological polar surface area (TPSA) is 12.0 Å². The smallest absolute Gasteiger partial charge is 0.0583 e. The molecular formula is C6H13N. The van der Waals surface area contributed by atoms with E-state index in [0.29, 0.717) is 0 Å². The molecule has 0 aliphatic carbocycles. The predicted molar refractivity (Wildman–Crippen MR) is 31.8 cm³/mol. The summed E-state index contributed by atoms with van der Waals surface area (Å²) in [6, 6.07) is 0. The molecule has 0 unspecified atom stereocenters. The normalized spacial score (nSPS) is 9.43. The van der Waals surface area contributed by atoms with Crippen LogP contribution in [-0.4, -0.2) is 6.54 Å². The van der Waals surface area contributed by atoms with Crippen LogP contribution in [0, 0.1) is 6.54 Å². The van der Waals surface area contributed by atoms with Gasteiger partial charge in [-0.15, -0.1) is 0 Å². The summed E-state index contributed by atoms with van der Waals surface area (Å²) in [5, 5.41) is 3.03. The minimum atomic E-state index is 1.00. The van der Waals surface area contributed by atoms with E-state index >= 15 is 0 Å². The van der Waals surface area contributed by atoms with Gasteiger partial charge in [0.25, 0.3) is 0 Å². The molecule has 42 valence electrons. The maximum absolute atomic E-state index is 3.03. The Kier molecular flexibility index (Phi) is 5.93. The fourth-order valence-corrected chi connectivity index (χ4v) is 0.338. The lowest BCUT2D eigenvalue weighted by Crippen LogP contribution is -2.09. The largest absolute Gasteiger partial charge is 0.308 e. The monoisotopic (exact) mass is 99.1 g/mol. The fourth-order valence-electron chi connectivity index (χ4n) is 0.338. The van der Waals surface area contributed by atoms with E-state index in [0.717, 1.165) is 13.0 Å². The first-order chi connectivity index (χ1) is 3.41. The summed E-state index contributed by atoms with van der Waals surface area (Å²) in [4.78, 5) is 0. The average molecular weight is 99.2 g/mol. The molecule has 0 heterocycles. The molecule has 0 amide bonds. The number of rotatable bonds is 4. The molecule has 0 atom stereocenters. The van der Waals surface area contributed by atoms with Crippen LogP contribution >= 0.6 is 0 Å². The van der Waals surface area contributed by atoms with Crippen LogP contribution in [-0.2, 0) is 0 Å². The van der Waals surface area contributed by atoms with Crippen molar-refractivity contribution in [1.82, 2.24) is 5.32 Å². The second-order valence-electron chi connectivity index (χ2n) is 1.46. The molecule has 0 saturated heterocycles. The van der Waals surface area contributed by atoms with E-state index in [9.17, 15) is 0 Å². The zero-order valence-electron chi connectivity index (χ0n) is 5.12. The molecule has 0 bridgehead atoms. The van der Waals surface area contributed by atoms with Crippen LogP contribution in [0.15, 0.2) is 0 Å². The van der Waals surface area contributed by atoms with E-state index in [-0.39, 0.29) is 0 Å². The molecule has 1 heteroatoms. The third-order valence-electron chi connectivity index (χ3n) is 0.677. The summed E-state index contributed by atoms with van der Waals surface area (Å²) in [6.07, 6.45) is 2.19. The summed E-state index contributed by atoms with van der Waals surface area (Å²) < 4.78 is 0. The first kappa shape index (κ1) is 6.96. The van der Waals surface area contributed by atoms with Crippen LogP contribution in [0.1, 0.15) is 26.7 Å². The van der Waals surface area contributed by atoms with Crippen LogP contribution in [0.25, 0.3) is 0 Å². The summed E-state index contributed by atoms with van der Waals surface area (Å²) in [5.41, 5.74) is 0. The molecule has 0 aromatic rings. The Hall–Kier alpha value is -0.0400. The lowest BCUT2D eigenvalue weighted by molar-refractivity contribution is 0.735. The van der Waals surface area contributed by atoms with Gasteiger partial charge in [0.05, 0.1) is 6.54 Å². The third-order valence-corrected chi connectivity index (χ3v) is 0.677. The van der Waals surface area contributed by atoms with E-state index in [1.165, 1.54) is 6.42 Å². The second kappa shape index (κ2) is 5.96. The van der Waals surface area contributed by atoms with Gasteiger partial charge in [0.15, 0.2) is 0 Å². The highest BCUT2D eigenvalue weighted by molar-refractivity contribution is 4.55. The Morgan fingerprint density at radius 2 is 2.14 bits per heavy atom. The Labute approximate surface area is 46.1 Å². The van der Waals surface area contributed by atoms with E-state index in [1.807, 2.05) is 0 Å². The highest BCUT2D eigenvalue weighted by Crippen LogP contribution is 1.77. The summed E-state index contributed by atoms with van der Waals surface area (Å²) >= 11 is 0. The van der Waals surface area contributed by atoms with Gasteiger partial charge in [0.1, 0.15) is 0 Å². The van der Waals surface area contributed by atoms with Crippen molar-refractivity contribution >= 4 is 0 Å². The van der Waals surface area contributed by atoms with Crippen molar-refractivity contribution in [3.8, 4) is 0 Å². The molecule has 0 aromatic carbocycles. The molecule has 0 spiro atoms. The molecule has 7 heavy (non-hydrogen) atoms. The zero-order chi connectivity index (χ0) is 5.54. The molecule has 0 aliphatic heterocycles. The van der Waals surface area contributed by atoms with Gasteiger partial charge in [-0.1, -0.05) is 13.8 Å². The van der Waals surface area contributed by atoms with Gasteiger partial charge < -0.3 is 5.32 Å². The first-order valence-corrected chi connectivity index (χ1v) is 2.87. The quantitative estimate of drug-likeness (QED) is 0.415. The van der Waals surface area contributed by atoms with E-state index in [1.54, 1.807) is 0 Å². The fraction of sp³-hybridized carbons (Fsp3) is 0.833. The van der Waals surface area contributed by atoms with Crippen molar-refractivity contribution in [2.45, 2.75) is 26.7 Å². The van der Waals surface area contributed by atoms with E-state index < -0.39 is 0 Å². The van der Waals surface area contributed by atoms with E-state index in [4.69, 9.17) is 0 Å². The number of hydrogen-bond acceptors (Lipinski definition) is 1. The molecular weight excluding hydrogens is 86.1 g/mol. The minimum absolute atomic E-state index is 1.00. The number of nitrogens with one attached hydrogen (secondary N) is 1. The van der Waals surface area contributed by atoms with Gasteiger partial charge in [-0.25, -0.2) is 0 Å². The lowest BCUT2D eigenvalue weighted by atomic mass is 10.4. The zero-order valence-corrected chi connectivity index (χ0v) is 5.12. The summed E-state index contributed by atoms with van der Waals surface area (Å²) in [5.74, 6) is 0. The van der Waals surface area contributed by atoms with Crippen LogP contribution in [0.2, 0.25) is 0 Å². The van der Waals surface area contributed by atoms with Crippen LogP contribution in [0.5, 0.6) is 0 Å². The van der Waals surface area contributed by atoms with Crippen molar-refractivity contribution in [2.24, 2.45) is 0 Å². The van der Waals surface area contributed by atoms with Crippen molar-refractivity contribution in [2.75, 3.05) is 6.54 Å². The summed E-state index contributed by atoms with van der Waals surface area (Å²) in [7, 11) is 0. The average Bonchev–Trinajstić information content (AvgIpc) is 1.69. The lowest BCUT2D eigenvalue weighted by Gasteiger charge is -1.94.